The molecule has 2 heteroatoms. The molecular formula is C10H16O2. The van der Waals surface area contributed by atoms with E-state index in [0.29, 0.717) is 5.92 Å². The van der Waals surface area contributed by atoms with Crippen molar-refractivity contribution < 1.29 is 9.53 Å². The second-order valence-electron chi connectivity index (χ2n) is 3.96. The Labute approximate surface area is 73.6 Å². The van der Waals surface area contributed by atoms with Gasteiger partial charge < -0.3 is 4.74 Å². The summed E-state index contributed by atoms with van der Waals surface area (Å²) in [6, 6.07) is 0. The number of ether oxygens (including phenoxy) is 1. The lowest BCUT2D eigenvalue weighted by Crippen LogP contribution is -2.15. The van der Waals surface area contributed by atoms with Crippen molar-refractivity contribution in [3.63, 3.8) is 0 Å². The number of rotatable bonds is 2. The summed E-state index contributed by atoms with van der Waals surface area (Å²) in [5.41, 5.74) is 1.04. The lowest BCUT2D eigenvalue weighted by atomic mass is 10.1. The van der Waals surface area contributed by atoms with Crippen molar-refractivity contribution in [2.75, 3.05) is 7.11 Å². The van der Waals surface area contributed by atoms with Crippen LogP contribution in [0.2, 0.25) is 0 Å². The second-order valence-corrected chi connectivity index (χ2v) is 3.96. The van der Waals surface area contributed by atoms with Gasteiger partial charge in [0.15, 0.2) is 0 Å². The van der Waals surface area contributed by atoms with Crippen LogP contribution in [-0.2, 0) is 9.53 Å². The lowest BCUT2D eigenvalue weighted by Gasteiger charge is -2.05. The highest BCUT2D eigenvalue weighted by Crippen LogP contribution is 2.54. The minimum atomic E-state index is -0.230. The van der Waals surface area contributed by atoms with E-state index in [1.54, 1.807) is 0 Å². The molecule has 0 aromatic carbocycles. The molecule has 1 saturated carbocycles. The molecule has 0 aromatic rings. The van der Waals surface area contributed by atoms with E-state index in [0.717, 1.165) is 6.42 Å². The summed E-state index contributed by atoms with van der Waals surface area (Å²) in [5, 5.41) is 0. The lowest BCUT2D eigenvalue weighted by molar-refractivity contribution is -0.146. The molecule has 1 aliphatic rings. The van der Waals surface area contributed by atoms with Crippen LogP contribution in [0.3, 0.4) is 0 Å². The van der Waals surface area contributed by atoms with Crippen molar-refractivity contribution in [2.24, 2.45) is 11.3 Å². The van der Waals surface area contributed by atoms with Gasteiger partial charge in [-0.05, 0) is 33.1 Å². The van der Waals surface area contributed by atoms with E-state index in [2.05, 4.69) is 19.9 Å². The number of esters is 1. The zero-order chi connectivity index (χ0) is 9.35. The highest BCUT2D eigenvalue weighted by Gasteiger charge is 2.55. The normalized spacial score (nSPS) is 32.5. The first-order valence-electron chi connectivity index (χ1n) is 4.24. The van der Waals surface area contributed by atoms with Gasteiger partial charge in [0.1, 0.15) is 0 Å². The number of hydrogen-bond donors (Lipinski definition) is 0. The van der Waals surface area contributed by atoms with E-state index in [1.807, 2.05) is 6.92 Å². The van der Waals surface area contributed by atoms with Gasteiger partial charge >= 0.3 is 5.97 Å². The van der Waals surface area contributed by atoms with Crippen molar-refractivity contribution in [3.8, 4) is 0 Å². The molecule has 0 radical (unpaired) electrons. The predicted octanol–water partition coefficient (Wildman–Crippen LogP) is 2.15. The van der Waals surface area contributed by atoms with Gasteiger partial charge in [-0.25, -0.2) is 0 Å². The van der Waals surface area contributed by atoms with Crippen LogP contribution in [0.1, 0.15) is 27.2 Å². The Hall–Kier alpha value is -0.790. The fourth-order valence-corrected chi connectivity index (χ4v) is 1.51. The van der Waals surface area contributed by atoms with Crippen molar-refractivity contribution in [3.05, 3.63) is 11.6 Å². The highest BCUT2D eigenvalue weighted by atomic mass is 16.5. The van der Waals surface area contributed by atoms with Gasteiger partial charge in [0.05, 0.1) is 12.5 Å². The summed E-state index contributed by atoms with van der Waals surface area (Å²) in [6.45, 7) is 6.06. The average molecular weight is 168 g/mol. The topological polar surface area (TPSA) is 26.3 Å². The molecule has 0 aliphatic heterocycles. The third-order valence-electron chi connectivity index (χ3n) is 2.49. The van der Waals surface area contributed by atoms with E-state index in [4.69, 9.17) is 4.74 Å². The molecule has 0 saturated heterocycles. The quantitative estimate of drug-likeness (QED) is 0.466. The summed E-state index contributed by atoms with van der Waals surface area (Å²) < 4.78 is 4.72. The Morgan fingerprint density at radius 2 is 2.17 bits per heavy atom. The molecule has 1 fully saturated rings. The highest BCUT2D eigenvalue weighted by molar-refractivity contribution is 5.80. The van der Waals surface area contributed by atoms with Gasteiger partial charge in [-0.2, -0.15) is 0 Å². The summed E-state index contributed by atoms with van der Waals surface area (Å²) >= 11 is 0. The smallest absolute Gasteiger partial charge is 0.312 e. The summed E-state index contributed by atoms with van der Waals surface area (Å²) in [4.78, 5) is 11.2. The van der Waals surface area contributed by atoms with E-state index in [-0.39, 0.29) is 11.4 Å². The summed E-state index contributed by atoms with van der Waals surface area (Å²) in [7, 11) is 1.45. The van der Waals surface area contributed by atoms with E-state index in [9.17, 15) is 4.79 Å². The Balaban J connectivity index is 2.60. The van der Waals surface area contributed by atoms with Crippen molar-refractivity contribution >= 4 is 5.97 Å². The Bertz CT molecular complexity index is 226. The molecular weight excluding hydrogens is 152 g/mol. The SMILES string of the molecule is COC(=O)[C@@]1(C)C[C@H]1C=C(C)C. The average Bonchev–Trinajstić information content (AvgIpc) is 2.60. The number of hydrogen-bond acceptors (Lipinski definition) is 2. The first-order valence-corrected chi connectivity index (χ1v) is 4.24. The van der Waals surface area contributed by atoms with E-state index < -0.39 is 0 Å². The van der Waals surface area contributed by atoms with Crippen molar-refractivity contribution in [2.45, 2.75) is 27.2 Å². The zero-order valence-corrected chi connectivity index (χ0v) is 8.18. The molecule has 0 unspecified atom stereocenters. The van der Waals surface area contributed by atoms with Crippen LogP contribution in [0.5, 0.6) is 0 Å². The maximum absolute atomic E-state index is 11.2. The zero-order valence-electron chi connectivity index (χ0n) is 8.18. The monoisotopic (exact) mass is 168 g/mol. The predicted molar refractivity (Wildman–Crippen MR) is 47.7 cm³/mol. The fourth-order valence-electron chi connectivity index (χ4n) is 1.51. The number of carbonyl (C=O) groups excluding carboxylic acids is 1. The maximum Gasteiger partial charge on any atom is 0.312 e. The molecule has 2 nitrogen and oxygen atoms in total. The van der Waals surface area contributed by atoms with Crippen LogP contribution in [0.4, 0.5) is 0 Å². The number of carbonyl (C=O) groups is 1. The molecule has 0 N–H and O–H groups in total. The third kappa shape index (κ3) is 1.52. The first kappa shape index (κ1) is 9.30. The largest absolute Gasteiger partial charge is 0.469 e. The molecule has 0 heterocycles. The van der Waals surface area contributed by atoms with Crippen LogP contribution in [0.25, 0.3) is 0 Å². The molecule has 68 valence electrons. The van der Waals surface area contributed by atoms with Gasteiger partial charge in [0.25, 0.3) is 0 Å². The van der Waals surface area contributed by atoms with E-state index >= 15 is 0 Å². The van der Waals surface area contributed by atoms with Gasteiger partial charge in [-0.1, -0.05) is 11.6 Å². The van der Waals surface area contributed by atoms with Gasteiger partial charge in [0, 0.05) is 0 Å². The molecule has 0 bridgehead atoms. The van der Waals surface area contributed by atoms with Crippen molar-refractivity contribution in [1.29, 1.82) is 0 Å². The molecule has 1 rings (SSSR count). The Kier molecular flexibility index (Phi) is 2.27. The van der Waals surface area contributed by atoms with E-state index in [1.165, 1.54) is 12.7 Å². The molecule has 0 aromatic heterocycles. The van der Waals surface area contributed by atoms with Crippen LogP contribution in [0, 0.1) is 11.3 Å². The molecule has 0 spiro atoms. The third-order valence-corrected chi connectivity index (χ3v) is 2.49. The first-order chi connectivity index (χ1) is 5.50. The van der Waals surface area contributed by atoms with Gasteiger partial charge in [-0.15, -0.1) is 0 Å². The number of allylic oxidation sites excluding steroid dienone is 2. The molecule has 1 aliphatic carbocycles. The van der Waals surface area contributed by atoms with Crippen molar-refractivity contribution in [1.82, 2.24) is 0 Å². The molecule has 0 amide bonds. The number of methoxy groups -OCH3 is 1. The Morgan fingerprint density at radius 1 is 1.58 bits per heavy atom. The van der Waals surface area contributed by atoms with Gasteiger partial charge in [-0.3, -0.25) is 4.79 Å². The van der Waals surface area contributed by atoms with Crippen LogP contribution < -0.4 is 0 Å². The Morgan fingerprint density at radius 3 is 2.58 bits per heavy atom. The molecule has 12 heavy (non-hydrogen) atoms. The van der Waals surface area contributed by atoms with Crippen LogP contribution >= 0.6 is 0 Å². The maximum atomic E-state index is 11.2. The van der Waals surface area contributed by atoms with Crippen LogP contribution in [-0.4, -0.2) is 13.1 Å². The molecule has 2 atom stereocenters. The van der Waals surface area contributed by atoms with Gasteiger partial charge in [0.2, 0.25) is 0 Å². The second kappa shape index (κ2) is 2.92. The summed E-state index contributed by atoms with van der Waals surface area (Å²) in [5.74, 6) is 0.319. The minimum Gasteiger partial charge on any atom is -0.469 e. The fraction of sp³-hybridized carbons (Fsp3) is 0.700. The minimum absolute atomic E-state index is 0.0787. The standard InChI is InChI=1S/C10H16O2/c1-7(2)5-8-6-10(8,3)9(11)12-4/h5,8H,6H2,1-4H3/t8-,10+/m1/s1. The summed E-state index contributed by atoms with van der Waals surface area (Å²) in [6.07, 6.45) is 3.09. The van der Waals surface area contributed by atoms with Crippen LogP contribution in [0.15, 0.2) is 11.6 Å².